The number of rotatable bonds is 6. The lowest BCUT2D eigenvalue weighted by Crippen LogP contribution is -2.39. The van der Waals surface area contributed by atoms with Gasteiger partial charge in [0.05, 0.1) is 11.1 Å². The first kappa shape index (κ1) is 20.2. The maximum absolute atomic E-state index is 12.5. The van der Waals surface area contributed by atoms with Crippen LogP contribution in [0.5, 0.6) is 5.88 Å². The largest absolute Gasteiger partial charge is 0.473 e. The molecule has 1 aliphatic rings. The maximum atomic E-state index is 12.5. The van der Waals surface area contributed by atoms with Crippen LogP contribution in [0, 0.1) is 0 Å². The standard InChI is InChI=1S/C19H24N4O4S/c1-23(2)28(25,26)17-9-3-14(4-10-17)19(24)22-15-5-7-16(8-6-15)27-18-13-20-11-12-21-18/h3-4,9-13,15-16H,5-8H2,1-2H3,(H,22,24). The quantitative estimate of drug-likeness (QED) is 0.788. The Hall–Kier alpha value is -2.52. The molecule has 2 aromatic rings. The third-order valence-corrected chi connectivity index (χ3v) is 6.56. The van der Waals surface area contributed by atoms with Crippen molar-refractivity contribution in [3.63, 3.8) is 0 Å². The smallest absolute Gasteiger partial charge is 0.251 e. The fourth-order valence-corrected chi connectivity index (χ4v) is 4.00. The molecule has 0 bridgehead atoms. The Morgan fingerprint density at radius 1 is 1.11 bits per heavy atom. The molecule has 0 aliphatic heterocycles. The van der Waals surface area contributed by atoms with E-state index in [0.717, 1.165) is 30.0 Å². The normalized spacial score (nSPS) is 20.0. The second kappa shape index (κ2) is 8.66. The van der Waals surface area contributed by atoms with Gasteiger partial charge in [-0.05, 0) is 49.9 Å². The van der Waals surface area contributed by atoms with Crippen LogP contribution in [0.1, 0.15) is 36.0 Å². The number of benzene rings is 1. The van der Waals surface area contributed by atoms with Gasteiger partial charge in [0.2, 0.25) is 15.9 Å². The van der Waals surface area contributed by atoms with Gasteiger partial charge in [0, 0.05) is 38.1 Å². The summed E-state index contributed by atoms with van der Waals surface area (Å²) in [6.45, 7) is 0. The molecule has 8 nitrogen and oxygen atoms in total. The summed E-state index contributed by atoms with van der Waals surface area (Å²) in [5.74, 6) is 0.315. The van der Waals surface area contributed by atoms with Crippen molar-refractivity contribution in [2.45, 2.75) is 42.7 Å². The van der Waals surface area contributed by atoms with Crippen molar-refractivity contribution in [3.8, 4) is 5.88 Å². The predicted molar refractivity (Wildman–Crippen MR) is 103 cm³/mol. The topological polar surface area (TPSA) is 101 Å². The molecule has 0 radical (unpaired) electrons. The van der Waals surface area contributed by atoms with Gasteiger partial charge in [-0.25, -0.2) is 17.7 Å². The fraction of sp³-hybridized carbons (Fsp3) is 0.421. The van der Waals surface area contributed by atoms with E-state index < -0.39 is 10.0 Å². The molecule has 1 N–H and O–H groups in total. The molecule has 0 spiro atoms. The second-order valence-corrected chi connectivity index (χ2v) is 9.07. The number of sulfonamides is 1. The van der Waals surface area contributed by atoms with E-state index in [9.17, 15) is 13.2 Å². The highest BCUT2D eigenvalue weighted by Gasteiger charge is 2.24. The van der Waals surface area contributed by atoms with Crippen LogP contribution in [0.2, 0.25) is 0 Å². The van der Waals surface area contributed by atoms with Crippen LogP contribution in [0.4, 0.5) is 0 Å². The van der Waals surface area contributed by atoms with Crippen molar-refractivity contribution >= 4 is 15.9 Å². The van der Waals surface area contributed by atoms with Crippen molar-refractivity contribution in [2.75, 3.05) is 14.1 Å². The molecule has 1 fully saturated rings. The summed E-state index contributed by atoms with van der Waals surface area (Å²) < 4.78 is 31.1. The molecule has 0 atom stereocenters. The van der Waals surface area contributed by atoms with Crippen molar-refractivity contribution in [1.82, 2.24) is 19.6 Å². The summed E-state index contributed by atoms with van der Waals surface area (Å²) in [4.78, 5) is 20.7. The number of carbonyl (C=O) groups is 1. The zero-order valence-electron chi connectivity index (χ0n) is 15.9. The predicted octanol–water partition coefficient (Wildman–Crippen LogP) is 1.85. The van der Waals surface area contributed by atoms with Gasteiger partial charge in [0.25, 0.3) is 5.91 Å². The molecule has 28 heavy (non-hydrogen) atoms. The van der Waals surface area contributed by atoms with E-state index in [4.69, 9.17) is 4.74 Å². The van der Waals surface area contributed by atoms with E-state index in [-0.39, 0.29) is 22.9 Å². The van der Waals surface area contributed by atoms with Gasteiger partial charge < -0.3 is 10.1 Å². The van der Waals surface area contributed by atoms with Gasteiger partial charge in [-0.2, -0.15) is 0 Å². The van der Waals surface area contributed by atoms with Gasteiger partial charge in [-0.15, -0.1) is 0 Å². The summed E-state index contributed by atoms with van der Waals surface area (Å²) in [5, 5.41) is 3.02. The van der Waals surface area contributed by atoms with Gasteiger partial charge in [-0.1, -0.05) is 0 Å². The first-order valence-corrected chi connectivity index (χ1v) is 10.6. The van der Waals surface area contributed by atoms with Gasteiger partial charge >= 0.3 is 0 Å². The van der Waals surface area contributed by atoms with Crippen LogP contribution in [-0.2, 0) is 10.0 Å². The van der Waals surface area contributed by atoms with E-state index in [0.29, 0.717) is 11.4 Å². The van der Waals surface area contributed by atoms with E-state index in [1.54, 1.807) is 18.6 Å². The summed E-state index contributed by atoms with van der Waals surface area (Å²) in [7, 11) is -0.555. The molecule has 1 saturated carbocycles. The third-order valence-electron chi connectivity index (χ3n) is 4.73. The summed E-state index contributed by atoms with van der Waals surface area (Å²) in [6, 6.07) is 6.05. The van der Waals surface area contributed by atoms with Crippen LogP contribution in [0.25, 0.3) is 0 Å². The first-order valence-electron chi connectivity index (χ1n) is 9.12. The number of nitrogens with zero attached hydrogens (tertiary/aromatic N) is 3. The molecule has 3 rings (SSSR count). The van der Waals surface area contributed by atoms with Crippen molar-refractivity contribution < 1.29 is 17.9 Å². The summed E-state index contributed by atoms with van der Waals surface area (Å²) in [6.07, 6.45) is 8.11. The molecule has 1 aromatic carbocycles. The van der Waals surface area contributed by atoms with Crippen molar-refractivity contribution in [1.29, 1.82) is 0 Å². The lowest BCUT2D eigenvalue weighted by molar-refractivity contribution is 0.0889. The lowest BCUT2D eigenvalue weighted by atomic mass is 9.92. The molecular formula is C19H24N4O4S. The van der Waals surface area contributed by atoms with Crippen LogP contribution < -0.4 is 10.1 Å². The highest BCUT2D eigenvalue weighted by molar-refractivity contribution is 7.89. The number of ether oxygens (including phenoxy) is 1. The second-order valence-electron chi connectivity index (χ2n) is 6.92. The van der Waals surface area contributed by atoms with Gasteiger partial charge in [-0.3, -0.25) is 9.78 Å². The third kappa shape index (κ3) is 4.85. The lowest BCUT2D eigenvalue weighted by Gasteiger charge is -2.29. The summed E-state index contributed by atoms with van der Waals surface area (Å²) in [5.41, 5.74) is 0.440. The number of hydrogen-bond donors (Lipinski definition) is 1. The first-order chi connectivity index (χ1) is 13.4. The summed E-state index contributed by atoms with van der Waals surface area (Å²) >= 11 is 0. The van der Waals surface area contributed by atoms with Gasteiger partial charge in [0.1, 0.15) is 6.10 Å². The molecule has 0 unspecified atom stereocenters. The number of hydrogen-bond acceptors (Lipinski definition) is 6. The number of nitrogens with one attached hydrogen (secondary N) is 1. The molecule has 1 aromatic heterocycles. The SMILES string of the molecule is CN(C)S(=O)(=O)c1ccc(C(=O)NC2CCC(Oc3cnccn3)CC2)cc1. The van der Waals surface area contributed by atoms with E-state index in [2.05, 4.69) is 15.3 Å². The Morgan fingerprint density at radius 2 is 1.79 bits per heavy atom. The Bertz CT molecular complexity index is 893. The molecule has 9 heteroatoms. The minimum Gasteiger partial charge on any atom is -0.473 e. The van der Waals surface area contributed by atoms with Crippen molar-refractivity contribution in [3.05, 3.63) is 48.4 Å². The fourth-order valence-electron chi connectivity index (χ4n) is 3.10. The number of amides is 1. The van der Waals surface area contributed by atoms with E-state index in [1.165, 1.54) is 38.4 Å². The van der Waals surface area contributed by atoms with Crippen molar-refractivity contribution in [2.24, 2.45) is 0 Å². The van der Waals surface area contributed by atoms with E-state index in [1.807, 2.05) is 0 Å². The minimum absolute atomic E-state index is 0.0689. The average Bonchev–Trinajstić information content (AvgIpc) is 2.70. The monoisotopic (exact) mass is 404 g/mol. The highest BCUT2D eigenvalue weighted by Crippen LogP contribution is 2.23. The molecule has 150 valence electrons. The number of carbonyl (C=O) groups excluding carboxylic acids is 1. The Morgan fingerprint density at radius 3 is 2.36 bits per heavy atom. The maximum Gasteiger partial charge on any atom is 0.251 e. The molecule has 0 saturated heterocycles. The Kier molecular flexibility index (Phi) is 6.25. The van der Waals surface area contributed by atoms with Crippen LogP contribution >= 0.6 is 0 Å². The van der Waals surface area contributed by atoms with Crippen LogP contribution in [0.15, 0.2) is 47.8 Å². The minimum atomic E-state index is -3.50. The molecule has 1 aliphatic carbocycles. The molecule has 1 heterocycles. The van der Waals surface area contributed by atoms with Crippen LogP contribution in [-0.4, -0.2) is 54.8 Å². The Labute approximate surface area is 165 Å². The van der Waals surface area contributed by atoms with Gasteiger partial charge in [0.15, 0.2) is 0 Å². The molecular weight excluding hydrogens is 380 g/mol. The molecule has 1 amide bonds. The Balaban J connectivity index is 1.52. The zero-order chi connectivity index (χ0) is 20.1. The number of aromatic nitrogens is 2. The highest BCUT2D eigenvalue weighted by atomic mass is 32.2. The zero-order valence-corrected chi connectivity index (χ0v) is 16.7. The van der Waals surface area contributed by atoms with E-state index >= 15 is 0 Å². The van der Waals surface area contributed by atoms with Crippen LogP contribution in [0.3, 0.4) is 0 Å². The average molecular weight is 404 g/mol.